The van der Waals surface area contributed by atoms with Crippen molar-refractivity contribution < 1.29 is 19.1 Å². The van der Waals surface area contributed by atoms with Gasteiger partial charge in [-0.15, -0.1) is 0 Å². The average molecular weight is 511 g/mol. The Hall–Kier alpha value is -4.46. The predicted molar refractivity (Wildman–Crippen MR) is 146 cm³/mol. The van der Waals surface area contributed by atoms with Crippen LogP contribution in [0, 0.1) is 0 Å². The largest absolute Gasteiger partial charge is 0.497 e. The molecule has 2 amide bonds. The fourth-order valence-electron chi connectivity index (χ4n) is 4.90. The third-order valence-corrected chi connectivity index (χ3v) is 6.96. The van der Waals surface area contributed by atoms with E-state index in [1.165, 1.54) is 11.1 Å². The number of hydrogen-bond donors (Lipinski definition) is 2. The molecule has 194 valence electrons. The van der Waals surface area contributed by atoms with E-state index in [0.29, 0.717) is 11.1 Å². The van der Waals surface area contributed by atoms with Crippen molar-refractivity contribution in [1.82, 2.24) is 10.9 Å². The molecule has 0 fully saturated rings. The third kappa shape index (κ3) is 5.44. The van der Waals surface area contributed by atoms with Crippen LogP contribution in [0.2, 0.25) is 0 Å². The van der Waals surface area contributed by atoms with Gasteiger partial charge in [0.15, 0.2) is 0 Å². The molecule has 0 unspecified atom stereocenters. The summed E-state index contributed by atoms with van der Waals surface area (Å²) in [6, 6.07) is 18.3. The van der Waals surface area contributed by atoms with E-state index in [-0.39, 0.29) is 11.8 Å². The van der Waals surface area contributed by atoms with Gasteiger partial charge in [-0.05, 0) is 110 Å². The van der Waals surface area contributed by atoms with Crippen LogP contribution < -0.4 is 20.3 Å². The van der Waals surface area contributed by atoms with Crippen molar-refractivity contribution in [2.24, 2.45) is 10.2 Å². The van der Waals surface area contributed by atoms with E-state index < -0.39 is 0 Å². The lowest BCUT2D eigenvalue weighted by atomic mass is 9.90. The summed E-state index contributed by atoms with van der Waals surface area (Å²) >= 11 is 0. The number of carbonyl (C=O) groups excluding carboxylic acids is 2. The Morgan fingerprint density at radius 1 is 0.632 bits per heavy atom. The summed E-state index contributed by atoms with van der Waals surface area (Å²) in [7, 11) is 3.30. The molecule has 2 aliphatic rings. The molecule has 0 spiro atoms. The summed E-state index contributed by atoms with van der Waals surface area (Å²) in [5.41, 5.74) is 12.2. The molecule has 2 aliphatic carbocycles. The number of methoxy groups -OCH3 is 2. The standard InChI is InChI=1S/C30H30N4O4/c1-37-23-13-15-25-21(17-23)5-3-7-27(25)31-33-29(35)19-9-11-20(12-10-19)30(36)34-32-28-8-4-6-22-18-24(38-2)14-16-26(22)28/h9-18H,3-8H2,1-2H3,(H,33,35)(H,34,36). The zero-order valence-electron chi connectivity index (χ0n) is 21.5. The maximum absolute atomic E-state index is 12.7. The van der Waals surface area contributed by atoms with Crippen LogP contribution in [0.15, 0.2) is 70.9 Å². The van der Waals surface area contributed by atoms with Gasteiger partial charge in [-0.25, -0.2) is 10.9 Å². The third-order valence-electron chi connectivity index (χ3n) is 6.96. The maximum atomic E-state index is 12.7. The van der Waals surface area contributed by atoms with Crippen molar-refractivity contribution in [1.29, 1.82) is 0 Å². The van der Waals surface area contributed by atoms with Crippen LogP contribution in [0.1, 0.15) is 68.7 Å². The second-order valence-electron chi connectivity index (χ2n) is 9.33. The van der Waals surface area contributed by atoms with Crippen molar-refractivity contribution in [2.45, 2.75) is 38.5 Å². The first-order chi connectivity index (χ1) is 18.6. The molecule has 3 aromatic carbocycles. The second-order valence-corrected chi connectivity index (χ2v) is 9.33. The van der Waals surface area contributed by atoms with Crippen molar-refractivity contribution in [3.8, 4) is 11.5 Å². The summed E-state index contributed by atoms with van der Waals surface area (Å²) in [5, 5.41) is 8.79. The number of nitrogens with zero attached hydrogens (tertiary/aromatic N) is 2. The van der Waals surface area contributed by atoms with Gasteiger partial charge in [0.1, 0.15) is 11.5 Å². The number of hydrogen-bond acceptors (Lipinski definition) is 6. The van der Waals surface area contributed by atoms with Crippen LogP contribution in [-0.4, -0.2) is 37.5 Å². The first kappa shape index (κ1) is 25.2. The Balaban J connectivity index is 1.22. The maximum Gasteiger partial charge on any atom is 0.271 e. The number of benzene rings is 3. The van der Waals surface area contributed by atoms with Crippen LogP contribution in [-0.2, 0) is 12.8 Å². The molecule has 3 aromatic rings. The van der Waals surface area contributed by atoms with E-state index >= 15 is 0 Å². The van der Waals surface area contributed by atoms with Crippen molar-refractivity contribution in [3.05, 3.63) is 94.0 Å². The van der Waals surface area contributed by atoms with Gasteiger partial charge in [0.2, 0.25) is 0 Å². The highest BCUT2D eigenvalue weighted by molar-refractivity contribution is 6.05. The van der Waals surface area contributed by atoms with Crippen LogP contribution in [0.4, 0.5) is 0 Å². The van der Waals surface area contributed by atoms with Gasteiger partial charge in [0, 0.05) is 22.3 Å². The van der Waals surface area contributed by atoms with Gasteiger partial charge in [0.25, 0.3) is 11.8 Å². The molecule has 0 aromatic heterocycles. The highest BCUT2D eigenvalue weighted by Crippen LogP contribution is 2.27. The van der Waals surface area contributed by atoms with Crippen molar-refractivity contribution >= 4 is 23.2 Å². The molecule has 5 rings (SSSR count). The fourth-order valence-corrected chi connectivity index (χ4v) is 4.90. The zero-order valence-corrected chi connectivity index (χ0v) is 21.5. The van der Waals surface area contributed by atoms with Gasteiger partial charge in [-0.3, -0.25) is 9.59 Å². The van der Waals surface area contributed by atoms with Crippen LogP contribution in [0.5, 0.6) is 11.5 Å². The number of nitrogens with one attached hydrogen (secondary N) is 2. The second kappa shape index (κ2) is 11.3. The molecule has 0 radical (unpaired) electrons. The Morgan fingerprint density at radius 2 is 1.05 bits per heavy atom. The van der Waals surface area contributed by atoms with Gasteiger partial charge in [0.05, 0.1) is 25.6 Å². The number of fused-ring (bicyclic) bond motifs is 2. The van der Waals surface area contributed by atoms with E-state index in [9.17, 15) is 9.59 Å². The molecule has 0 saturated carbocycles. The predicted octanol–water partition coefficient (Wildman–Crippen LogP) is 4.64. The Morgan fingerprint density at radius 3 is 1.45 bits per heavy atom. The summed E-state index contributed by atoms with van der Waals surface area (Å²) in [6.07, 6.45) is 5.41. The van der Waals surface area contributed by atoms with E-state index in [0.717, 1.165) is 72.6 Å². The fraction of sp³-hybridized carbons (Fsp3) is 0.267. The summed E-state index contributed by atoms with van der Waals surface area (Å²) in [6.45, 7) is 0. The molecule has 0 heterocycles. The highest BCUT2D eigenvalue weighted by Gasteiger charge is 2.18. The monoisotopic (exact) mass is 510 g/mol. The number of amides is 2. The molecular formula is C30H30N4O4. The highest BCUT2D eigenvalue weighted by atomic mass is 16.5. The van der Waals surface area contributed by atoms with Gasteiger partial charge in [-0.1, -0.05) is 0 Å². The minimum Gasteiger partial charge on any atom is -0.497 e. The summed E-state index contributed by atoms with van der Waals surface area (Å²) in [5.74, 6) is 0.960. The first-order valence-electron chi connectivity index (χ1n) is 12.7. The molecule has 2 N–H and O–H groups in total. The van der Waals surface area contributed by atoms with E-state index in [1.54, 1.807) is 38.5 Å². The number of rotatable bonds is 6. The quantitative estimate of drug-likeness (QED) is 0.472. The minimum absolute atomic E-state index is 0.334. The number of ether oxygens (including phenoxy) is 2. The van der Waals surface area contributed by atoms with Crippen LogP contribution in [0.25, 0.3) is 0 Å². The van der Waals surface area contributed by atoms with E-state index in [2.05, 4.69) is 21.1 Å². The Kier molecular flexibility index (Phi) is 7.49. The first-order valence-corrected chi connectivity index (χ1v) is 12.7. The number of aryl methyl sites for hydroxylation is 2. The minimum atomic E-state index is -0.334. The Bertz CT molecular complexity index is 1320. The van der Waals surface area contributed by atoms with Crippen molar-refractivity contribution in [3.63, 3.8) is 0 Å². The number of hydrazone groups is 2. The molecule has 0 aliphatic heterocycles. The SMILES string of the molecule is COc1ccc2c(c1)CCCC2=NNC(=O)c1ccc(C(=O)NN=C2CCCc3cc(OC)ccc32)cc1. The van der Waals surface area contributed by atoms with E-state index in [1.807, 2.05) is 36.4 Å². The molecule has 8 heteroatoms. The molecular weight excluding hydrogens is 480 g/mol. The van der Waals surface area contributed by atoms with Gasteiger partial charge >= 0.3 is 0 Å². The zero-order chi connectivity index (χ0) is 26.5. The average Bonchev–Trinajstić information content (AvgIpc) is 2.97. The summed E-state index contributed by atoms with van der Waals surface area (Å²) < 4.78 is 10.6. The van der Waals surface area contributed by atoms with Gasteiger partial charge in [-0.2, -0.15) is 10.2 Å². The lowest BCUT2D eigenvalue weighted by molar-refractivity contribution is 0.0943. The smallest absolute Gasteiger partial charge is 0.271 e. The topological polar surface area (TPSA) is 101 Å². The lowest BCUT2D eigenvalue weighted by Crippen LogP contribution is -2.23. The lowest BCUT2D eigenvalue weighted by Gasteiger charge is -2.18. The Labute approximate surface area is 221 Å². The summed E-state index contributed by atoms with van der Waals surface area (Å²) in [4.78, 5) is 25.4. The molecule has 0 bridgehead atoms. The van der Waals surface area contributed by atoms with Crippen molar-refractivity contribution in [2.75, 3.05) is 14.2 Å². The van der Waals surface area contributed by atoms with Crippen LogP contribution in [0.3, 0.4) is 0 Å². The van der Waals surface area contributed by atoms with Crippen LogP contribution >= 0.6 is 0 Å². The molecule has 0 atom stereocenters. The molecule has 38 heavy (non-hydrogen) atoms. The van der Waals surface area contributed by atoms with E-state index in [4.69, 9.17) is 9.47 Å². The van der Waals surface area contributed by atoms with Gasteiger partial charge < -0.3 is 9.47 Å². The molecule has 8 nitrogen and oxygen atoms in total. The number of carbonyl (C=O) groups is 2. The molecule has 0 saturated heterocycles. The normalized spacial score (nSPS) is 16.4.